The molecule has 0 N–H and O–H groups in total. The van der Waals surface area contributed by atoms with Crippen molar-refractivity contribution in [1.82, 2.24) is 9.80 Å². The van der Waals surface area contributed by atoms with Gasteiger partial charge in [-0.15, -0.1) is 11.3 Å². The molecule has 0 spiro atoms. The van der Waals surface area contributed by atoms with E-state index in [2.05, 4.69) is 33.7 Å². The van der Waals surface area contributed by atoms with Crippen molar-refractivity contribution in [2.24, 2.45) is 0 Å². The van der Waals surface area contributed by atoms with E-state index in [-0.39, 0.29) is 0 Å². The fraction of sp³-hybridized carbons (Fsp3) is 0.789. The van der Waals surface area contributed by atoms with E-state index in [9.17, 15) is 0 Å². The molecule has 134 valence electrons. The minimum atomic E-state index is 0.375. The molecule has 3 saturated heterocycles. The summed E-state index contributed by atoms with van der Waals surface area (Å²) < 4.78 is 5.94. The Kier molecular flexibility index (Phi) is 6.17. The van der Waals surface area contributed by atoms with Gasteiger partial charge in [-0.3, -0.25) is 9.80 Å². The zero-order chi connectivity index (χ0) is 16.2. The molecule has 0 amide bonds. The second-order valence-electron chi connectivity index (χ2n) is 7.31. The Hall–Kier alpha value is -0.0700. The molecule has 3 fully saturated rings. The number of piperidine rings is 1. The maximum absolute atomic E-state index is 5.94. The molecule has 4 rings (SSSR count). The number of nitrogens with zero attached hydrogens (tertiary/aromatic N) is 2. The highest BCUT2D eigenvalue weighted by Gasteiger charge is 2.26. The van der Waals surface area contributed by atoms with Crippen molar-refractivity contribution < 1.29 is 4.74 Å². The lowest BCUT2D eigenvalue weighted by molar-refractivity contribution is 0.0172. The average molecular weight is 367 g/mol. The molecule has 0 radical (unpaired) electrons. The third-order valence-corrected chi connectivity index (χ3v) is 7.78. The second kappa shape index (κ2) is 8.54. The van der Waals surface area contributed by atoms with Gasteiger partial charge in [0.15, 0.2) is 0 Å². The van der Waals surface area contributed by atoms with Gasteiger partial charge in [0, 0.05) is 66.6 Å². The topological polar surface area (TPSA) is 15.7 Å². The minimum Gasteiger partial charge on any atom is -0.373 e. The van der Waals surface area contributed by atoms with Gasteiger partial charge in [0.25, 0.3) is 0 Å². The molecule has 0 aliphatic carbocycles. The number of hydrogen-bond donors (Lipinski definition) is 0. The minimum absolute atomic E-state index is 0.375. The largest absolute Gasteiger partial charge is 0.373 e. The van der Waals surface area contributed by atoms with Crippen LogP contribution in [0.2, 0.25) is 0 Å². The second-order valence-corrected chi connectivity index (χ2v) is 9.74. The van der Waals surface area contributed by atoms with Crippen LogP contribution >= 0.6 is 23.1 Å². The number of thiophene rings is 1. The van der Waals surface area contributed by atoms with Gasteiger partial charge < -0.3 is 4.74 Å². The Morgan fingerprint density at radius 1 is 1.00 bits per heavy atom. The lowest BCUT2D eigenvalue weighted by atomic mass is 10.0. The highest BCUT2D eigenvalue weighted by atomic mass is 32.2. The van der Waals surface area contributed by atoms with Crippen molar-refractivity contribution in [3.63, 3.8) is 0 Å². The van der Waals surface area contributed by atoms with Crippen LogP contribution in [-0.2, 0) is 11.3 Å². The maximum atomic E-state index is 5.94. The van der Waals surface area contributed by atoms with Gasteiger partial charge in [-0.1, -0.05) is 0 Å². The summed E-state index contributed by atoms with van der Waals surface area (Å²) in [5.74, 6) is 2.67. The summed E-state index contributed by atoms with van der Waals surface area (Å²) in [6.45, 7) is 7.24. The molecule has 5 heteroatoms. The Bertz CT molecular complexity index is 501. The summed E-state index contributed by atoms with van der Waals surface area (Å²) in [6.07, 6.45) is 6.85. The third kappa shape index (κ3) is 4.36. The van der Waals surface area contributed by atoms with Crippen molar-refractivity contribution >= 4 is 23.1 Å². The monoisotopic (exact) mass is 366 g/mol. The van der Waals surface area contributed by atoms with Gasteiger partial charge in [0.1, 0.15) is 0 Å². The van der Waals surface area contributed by atoms with E-state index >= 15 is 0 Å². The third-order valence-electron chi connectivity index (χ3n) is 5.68. The first kappa shape index (κ1) is 17.3. The fourth-order valence-corrected chi connectivity index (χ4v) is 6.29. The van der Waals surface area contributed by atoms with E-state index in [1.807, 2.05) is 11.3 Å². The van der Waals surface area contributed by atoms with Gasteiger partial charge in [-0.25, -0.2) is 0 Å². The maximum Gasteiger partial charge on any atom is 0.0916 e. The summed E-state index contributed by atoms with van der Waals surface area (Å²) in [7, 11) is 0. The Morgan fingerprint density at radius 3 is 2.58 bits per heavy atom. The van der Waals surface area contributed by atoms with E-state index in [1.165, 1.54) is 79.5 Å². The van der Waals surface area contributed by atoms with Gasteiger partial charge in [0.2, 0.25) is 0 Å². The summed E-state index contributed by atoms with van der Waals surface area (Å²) in [6, 6.07) is 5.50. The van der Waals surface area contributed by atoms with Crippen LogP contribution in [0.1, 0.15) is 48.0 Å². The molecule has 0 bridgehead atoms. The van der Waals surface area contributed by atoms with Crippen molar-refractivity contribution in [3.05, 3.63) is 21.9 Å². The molecule has 3 aliphatic heterocycles. The number of likely N-dealkylation sites (tertiary alicyclic amines) is 1. The molecular formula is C19H30N2OS2. The smallest absolute Gasteiger partial charge is 0.0916 e. The number of hydrogen-bond acceptors (Lipinski definition) is 5. The highest BCUT2D eigenvalue weighted by Crippen LogP contribution is 2.33. The van der Waals surface area contributed by atoms with E-state index in [1.54, 1.807) is 0 Å². The van der Waals surface area contributed by atoms with Gasteiger partial charge in [0.05, 0.1) is 6.10 Å². The Labute approximate surface area is 154 Å². The van der Waals surface area contributed by atoms with E-state index in [0.29, 0.717) is 6.10 Å². The molecular weight excluding hydrogens is 336 g/mol. The lowest BCUT2D eigenvalue weighted by Gasteiger charge is -2.40. The number of thioether (sulfide) groups is 1. The van der Waals surface area contributed by atoms with Gasteiger partial charge in [-0.05, 0) is 44.2 Å². The molecule has 0 aromatic carbocycles. The first-order valence-corrected chi connectivity index (χ1v) is 11.6. The van der Waals surface area contributed by atoms with Crippen LogP contribution in [0.5, 0.6) is 0 Å². The van der Waals surface area contributed by atoms with Crippen LogP contribution in [0.4, 0.5) is 0 Å². The van der Waals surface area contributed by atoms with Crippen LogP contribution < -0.4 is 0 Å². The van der Waals surface area contributed by atoms with Gasteiger partial charge >= 0.3 is 0 Å². The average Bonchev–Trinajstić information content (AvgIpc) is 3.12. The fourth-order valence-electron chi connectivity index (χ4n) is 4.22. The summed E-state index contributed by atoms with van der Waals surface area (Å²) in [5.41, 5.74) is 0. The summed E-state index contributed by atoms with van der Waals surface area (Å²) >= 11 is 4.10. The zero-order valence-corrected chi connectivity index (χ0v) is 16.3. The predicted molar refractivity (Wildman–Crippen MR) is 104 cm³/mol. The Balaban J connectivity index is 1.25. The van der Waals surface area contributed by atoms with Crippen LogP contribution in [-0.4, -0.2) is 60.1 Å². The van der Waals surface area contributed by atoms with E-state index < -0.39 is 0 Å². The SMILES string of the molecule is c1cc(C2CCCCO2)sc1CN1CCC(N2CCSCC2)CC1. The van der Waals surface area contributed by atoms with E-state index in [4.69, 9.17) is 4.74 Å². The number of ether oxygens (including phenoxy) is 1. The number of rotatable bonds is 4. The first-order chi connectivity index (χ1) is 11.9. The van der Waals surface area contributed by atoms with Crippen LogP contribution in [0.15, 0.2) is 12.1 Å². The quantitative estimate of drug-likeness (QED) is 0.800. The predicted octanol–water partition coefficient (Wildman–Crippen LogP) is 4.00. The molecule has 1 aromatic rings. The van der Waals surface area contributed by atoms with Crippen LogP contribution in [0.3, 0.4) is 0 Å². The van der Waals surface area contributed by atoms with Crippen molar-refractivity contribution in [3.8, 4) is 0 Å². The Morgan fingerprint density at radius 2 is 1.83 bits per heavy atom. The molecule has 4 heterocycles. The van der Waals surface area contributed by atoms with Crippen LogP contribution in [0, 0.1) is 0 Å². The molecule has 24 heavy (non-hydrogen) atoms. The first-order valence-electron chi connectivity index (χ1n) is 9.63. The molecule has 0 saturated carbocycles. The summed E-state index contributed by atoms with van der Waals surface area (Å²) in [4.78, 5) is 8.38. The molecule has 1 aromatic heterocycles. The molecule has 1 atom stereocenters. The highest BCUT2D eigenvalue weighted by molar-refractivity contribution is 7.99. The van der Waals surface area contributed by atoms with Crippen molar-refractivity contribution in [1.29, 1.82) is 0 Å². The van der Waals surface area contributed by atoms with Gasteiger partial charge in [-0.2, -0.15) is 11.8 Å². The van der Waals surface area contributed by atoms with Crippen LogP contribution in [0.25, 0.3) is 0 Å². The molecule has 3 nitrogen and oxygen atoms in total. The summed E-state index contributed by atoms with van der Waals surface area (Å²) in [5, 5.41) is 0. The molecule has 1 unspecified atom stereocenters. The van der Waals surface area contributed by atoms with E-state index in [0.717, 1.165) is 19.2 Å². The van der Waals surface area contributed by atoms with Crippen molar-refractivity contribution in [2.75, 3.05) is 44.3 Å². The zero-order valence-electron chi connectivity index (χ0n) is 14.6. The molecule has 3 aliphatic rings. The lowest BCUT2D eigenvalue weighted by Crippen LogP contribution is -2.47. The van der Waals surface area contributed by atoms with Crippen molar-refractivity contribution in [2.45, 2.75) is 50.8 Å². The standard InChI is InChI=1S/C19H30N2OS2/c1-2-12-22-18(3-1)19-5-4-17(24-19)15-20-8-6-16(7-9-20)21-10-13-23-14-11-21/h4-5,16,18H,1-3,6-15H2. The normalized spacial score (nSPS) is 28.2.